The first-order valence-electron chi connectivity index (χ1n) is 7.26. The maximum Gasteiger partial charge on any atom is 0.239 e. The SMILES string of the molecule is CC(=O)c1ccc2c(c1)CCN2S(=O)(=O)Cc1ccccc1Cl. The molecule has 6 heteroatoms. The van der Waals surface area contributed by atoms with Gasteiger partial charge in [-0.1, -0.05) is 29.8 Å². The average Bonchev–Trinajstić information content (AvgIpc) is 2.93. The Bertz CT molecular complexity index is 877. The van der Waals surface area contributed by atoms with E-state index in [-0.39, 0.29) is 11.5 Å². The lowest BCUT2D eigenvalue weighted by Crippen LogP contribution is -2.30. The van der Waals surface area contributed by atoms with E-state index in [1.54, 1.807) is 42.5 Å². The Morgan fingerprint density at radius 1 is 1.22 bits per heavy atom. The molecule has 0 saturated heterocycles. The summed E-state index contributed by atoms with van der Waals surface area (Å²) in [6.45, 7) is 1.89. The molecule has 3 rings (SSSR count). The van der Waals surface area contributed by atoms with Crippen molar-refractivity contribution in [2.24, 2.45) is 0 Å². The van der Waals surface area contributed by atoms with E-state index in [2.05, 4.69) is 0 Å². The van der Waals surface area contributed by atoms with Gasteiger partial charge in [-0.25, -0.2) is 8.42 Å². The Hall–Kier alpha value is -1.85. The summed E-state index contributed by atoms with van der Waals surface area (Å²) in [5.74, 6) is -0.161. The van der Waals surface area contributed by atoms with Gasteiger partial charge in [-0.2, -0.15) is 0 Å². The highest BCUT2D eigenvalue weighted by molar-refractivity contribution is 7.92. The number of hydrogen-bond acceptors (Lipinski definition) is 3. The van der Waals surface area contributed by atoms with E-state index in [4.69, 9.17) is 11.6 Å². The second-order valence-corrected chi connectivity index (χ2v) is 7.87. The molecule has 1 aliphatic rings. The smallest absolute Gasteiger partial charge is 0.239 e. The van der Waals surface area contributed by atoms with Gasteiger partial charge in [0.25, 0.3) is 0 Å². The van der Waals surface area contributed by atoms with Crippen molar-refractivity contribution in [3.63, 3.8) is 0 Å². The minimum Gasteiger partial charge on any atom is -0.295 e. The molecule has 23 heavy (non-hydrogen) atoms. The molecule has 1 heterocycles. The Morgan fingerprint density at radius 2 is 1.96 bits per heavy atom. The van der Waals surface area contributed by atoms with Crippen molar-refractivity contribution in [1.82, 2.24) is 0 Å². The Kier molecular flexibility index (Phi) is 4.17. The minimum absolute atomic E-state index is 0.0230. The second kappa shape index (κ2) is 5.98. The highest BCUT2D eigenvalue weighted by Crippen LogP contribution is 2.33. The van der Waals surface area contributed by atoms with Gasteiger partial charge >= 0.3 is 0 Å². The van der Waals surface area contributed by atoms with Gasteiger partial charge in [-0.05, 0) is 48.7 Å². The number of benzene rings is 2. The van der Waals surface area contributed by atoms with Crippen LogP contribution in [0.15, 0.2) is 42.5 Å². The quantitative estimate of drug-likeness (QED) is 0.794. The Morgan fingerprint density at radius 3 is 2.65 bits per heavy atom. The van der Waals surface area contributed by atoms with Crippen LogP contribution in [-0.4, -0.2) is 20.7 Å². The third kappa shape index (κ3) is 3.12. The Labute approximate surface area is 140 Å². The lowest BCUT2D eigenvalue weighted by molar-refractivity contribution is 0.101. The number of nitrogens with zero attached hydrogens (tertiary/aromatic N) is 1. The molecule has 0 saturated carbocycles. The standard InChI is InChI=1S/C17H16ClNO3S/c1-12(20)13-6-7-17-14(10-13)8-9-19(17)23(21,22)11-15-4-2-3-5-16(15)18/h2-7,10H,8-9,11H2,1H3. The van der Waals surface area contributed by atoms with Crippen LogP contribution in [0, 0.1) is 0 Å². The van der Waals surface area contributed by atoms with Crippen molar-refractivity contribution in [3.8, 4) is 0 Å². The van der Waals surface area contributed by atoms with Gasteiger partial charge in [0, 0.05) is 17.1 Å². The molecule has 0 radical (unpaired) electrons. The van der Waals surface area contributed by atoms with Crippen LogP contribution >= 0.6 is 11.6 Å². The number of rotatable bonds is 4. The van der Waals surface area contributed by atoms with Crippen molar-refractivity contribution in [2.75, 3.05) is 10.8 Å². The molecule has 4 nitrogen and oxygen atoms in total. The van der Waals surface area contributed by atoms with E-state index in [9.17, 15) is 13.2 Å². The molecule has 0 atom stereocenters. The lowest BCUT2D eigenvalue weighted by atomic mass is 10.1. The molecule has 120 valence electrons. The number of fused-ring (bicyclic) bond motifs is 1. The number of sulfonamides is 1. The molecule has 0 aliphatic carbocycles. The van der Waals surface area contributed by atoms with Gasteiger partial charge in [-0.15, -0.1) is 0 Å². The van der Waals surface area contributed by atoms with Crippen molar-refractivity contribution in [1.29, 1.82) is 0 Å². The summed E-state index contributed by atoms with van der Waals surface area (Å²) >= 11 is 6.07. The molecule has 2 aromatic carbocycles. The fourth-order valence-corrected chi connectivity index (χ4v) is 4.70. The van der Waals surface area contributed by atoms with Gasteiger partial charge in [0.15, 0.2) is 5.78 Å². The number of ketones is 1. The molecule has 0 fully saturated rings. The summed E-state index contributed by atoms with van der Waals surface area (Å²) in [5.41, 5.74) is 2.74. The fourth-order valence-electron chi connectivity index (χ4n) is 2.77. The van der Waals surface area contributed by atoms with Gasteiger partial charge in [-0.3, -0.25) is 9.10 Å². The first-order chi connectivity index (χ1) is 10.9. The van der Waals surface area contributed by atoms with E-state index in [1.165, 1.54) is 11.2 Å². The predicted molar refractivity (Wildman–Crippen MR) is 91.6 cm³/mol. The van der Waals surface area contributed by atoms with Gasteiger partial charge < -0.3 is 0 Å². The number of carbonyl (C=O) groups is 1. The van der Waals surface area contributed by atoms with E-state index in [0.29, 0.717) is 34.8 Å². The van der Waals surface area contributed by atoms with Crippen LogP contribution in [0.25, 0.3) is 0 Å². The summed E-state index contributed by atoms with van der Waals surface area (Å²) in [4.78, 5) is 11.5. The van der Waals surface area contributed by atoms with E-state index < -0.39 is 10.0 Å². The summed E-state index contributed by atoms with van der Waals surface area (Å²) in [6.07, 6.45) is 0.609. The fraction of sp³-hybridized carbons (Fsp3) is 0.235. The van der Waals surface area contributed by atoms with E-state index >= 15 is 0 Å². The van der Waals surface area contributed by atoms with Crippen molar-refractivity contribution < 1.29 is 13.2 Å². The third-order valence-corrected chi connectivity index (χ3v) is 6.07. The second-order valence-electron chi connectivity index (χ2n) is 5.57. The summed E-state index contributed by atoms with van der Waals surface area (Å²) in [7, 11) is -3.52. The van der Waals surface area contributed by atoms with Crippen LogP contribution in [0.4, 0.5) is 5.69 Å². The third-order valence-electron chi connectivity index (χ3n) is 3.97. The first-order valence-corrected chi connectivity index (χ1v) is 9.25. The molecule has 0 amide bonds. The molecule has 0 unspecified atom stereocenters. The molecule has 0 N–H and O–H groups in total. The highest BCUT2D eigenvalue weighted by atomic mass is 35.5. The Balaban J connectivity index is 1.92. The zero-order valence-electron chi connectivity index (χ0n) is 12.6. The van der Waals surface area contributed by atoms with E-state index in [0.717, 1.165) is 5.56 Å². The summed E-state index contributed by atoms with van der Waals surface area (Å²) in [6, 6.07) is 12.1. The maximum absolute atomic E-state index is 12.7. The normalized spacial score (nSPS) is 13.9. The monoisotopic (exact) mass is 349 g/mol. The van der Waals surface area contributed by atoms with Gasteiger partial charge in [0.2, 0.25) is 10.0 Å². The molecule has 0 spiro atoms. The number of carbonyl (C=O) groups excluding carboxylic acids is 1. The number of anilines is 1. The largest absolute Gasteiger partial charge is 0.295 e. The molecule has 2 aromatic rings. The van der Waals surface area contributed by atoms with Crippen molar-refractivity contribution >= 4 is 33.1 Å². The molecular weight excluding hydrogens is 334 g/mol. The summed E-state index contributed by atoms with van der Waals surface area (Å²) < 4.78 is 26.9. The van der Waals surface area contributed by atoms with Crippen molar-refractivity contribution in [3.05, 3.63) is 64.2 Å². The first kappa shape index (κ1) is 16.0. The van der Waals surface area contributed by atoms with E-state index in [1.807, 2.05) is 0 Å². The minimum atomic E-state index is -3.52. The zero-order valence-corrected chi connectivity index (χ0v) is 14.2. The van der Waals surface area contributed by atoms with Crippen LogP contribution in [0.1, 0.15) is 28.4 Å². The molecule has 0 aromatic heterocycles. The van der Waals surface area contributed by atoms with Crippen LogP contribution < -0.4 is 4.31 Å². The highest BCUT2D eigenvalue weighted by Gasteiger charge is 2.30. The van der Waals surface area contributed by atoms with Crippen LogP contribution in [-0.2, 0) is 22.2 Å². The van der Waals surface area contributed by atoms with Crippen LogP contribution in [0.3, 0.4) is 0 Å². The number of Topliss-reactive ketones (excluding diaryl/α,β-unsaturated/α-hetero) is 1. The predicted octanol–water partition coefficient (Wildman–Crippen LogP) is 3.44. The topological polar surface area (TPSA) is 54.5 Å². The van der Waals surface area contributed by atoms with Crippen LogP contribution in [0.5, 0.6) is 0 Å². The summed E-state index contributed by atoms with van der Waals surface area (Å²) in [5, 5.41) is 0.447. The van der Waals surface area contributed by atoms with Gasteiger partial charge in [0.1, 0.15) is 0 Å². The average molecular weight is 350 g/mol. The maximum atomic E-state index is 12.7. The number of hydrogen-bond donors (Lipinski definition) is 0. The number of halogens is 1. The van der Waals surface area contributed by atoms with Gasteiger partial charge in [0.05, 0.1) is 11.4 Å². The molecule has 0 bridgehead atoms. The van der Waals surface area contributed by atoms with Crippen LogP contribution in [0.2, 0.25) is 5.02 Å². The lowest BCUT2D eigenvalue weighted by Gasteiger charge is -2.20. The molecular formula is C17H16ClNO3S. The molecule has 1 aliphatic heterocycles. The van der Waals surface area contributed by atoms with Crippen molar-refractivity contribution in [2.45, 2.75) is 19.1 Å². The zero-order chi connectivity index (χ0) is 16.6.